The first-order valence-corrected chi connectivity index (χ1v) is 32.2. The van der Waals surface area contributed by atoms with Gasteiger partial charge in [-0.1, -0.05) is 0 Å². The van der Waals surface area contributed by atoms with E-state index in [9.17, 15) is 9.59 Å². The van der Waals surface area contributed by atoms with Crippen LogP contribution in [0.5, 0.6) is 0 Å². The van der Waals surface area contributed by atoms with Crippen molar-refractivity contribution < 1.29 is 25.8 Å². The van der Waals surface area contributed by atoms with Crippen molar-refractivity contribution in [1.82, 2.24) is 10.5 Å². The van der Waals surface area contributed by atoms with Crippen molar-refractivity contribution >= 4 is 45.5 Å². The molecule has 0 aliphatic heterocycles. The number of benzene rings is 4. The van der Waals surface area contributed by atoms with Gasteiger partial charge in [0, 0.05) is 0 Å². The van der Waals surface area contributed by atoms with Crippen LogP contribution in [0.1, 0.15) is 147 Å². The van der Waals surface area contributed by atoms with Gasteiger partial charge in [-0.15, -0.1) is 0 Å². The molecule has 0 saturated carbocycles. The third-order valence-electron chi connectivity index (χ3n) is 13.2. The van der Waals surface area contributed by atoms with E-state index in [1.165, 1.54) is 33.4 Å². The normalized spacial score (nSPS) is 17.8. The minimum absolute atomic E-state index is 0.126. The van der Waals surface area contributed by atoms with Crippen LogP contribution in [-0.4, -0.2) is 16.3 Å². The molecule has 0 heterocycles. The van der Waals surface area contributed by atoms with E-state index >= 15 is 0 Å². The summed E-state index contributed by atoms with van der Waals surface area (Å²) >= 11 is -6.11. The van der Waals surface area contributed by atoms with Crippen LogP contribution in [0, 0.1) is 11.8 Å². The Labute approximate surface area is 356 Å². The summed E-state index contributed by atoms with van der Waals surface area (Å²) in [6.07, 6.45) is 6.97. The molecule has 58 heavy (non-hydrogen) atoms. The molecular formula is C50H62BCl2N2O2Zr. The average molecular weight is 896 g/mol. The van der Waals surface area contributed by atoms with Crippen LogP contribution >= 0.6 is 17.0 Å². The molecule has 0 radical (unpaired) electrons. The number of carbonyl (C=O) groups excluding carboxylic acids is 2. The van der Waals surface area contributed by atoms with Crippen LogP contribution in [0.25, 0.3) is 34.4 Å². The fourth-order valence-corrected chi connectivity index (χ4v) is 30.5. The molecule has 2 N–H and O–H groups in total. The topological polar surface area (TPSA) is 58.2 Å². The Morgan fingerprint density at radius 3 is 1.28 bits per heavy atom. The Morgan fingerprint density at radius 1 is 0.569 bits per heavy atom. The summed E-state index contributed by atoms with van der Waals surface area (Å²) in [6, 6.07) is 30.5. The Bertz CT molecular complexity index is 2110. The molecule has 6 rings (SSSR count). The molecule has 2 aliphatic carbocycles. The molecule has 2 aliphatic rings. The number of carbonyl (C=O) groups is 2. The maximum atomic E-state index is 13.9. The zero-order valence-corrected chi connectivity index (χ0v) is 40.1. The molecule has 4 nitrogen and oxygen atoms in total. The number of fused-ring (bicyclic) bond motifs is 2. The van der Waals surface area contributed by atoms with E-state index in [4.69, 9.17) is 17.0 Å². The fourth-order valence-electron chi connectivity index (χ4n) is 9.71. The molecular weight excluding hydrogens is 834 g/mol. The van der Waals surface area contributed by atoms with Crippen LogP contribution < -0.4 is 10.5 Å². The summed E-state index contributed by atoms with van der Waals surface area (Å²) in [7, 11) is 18.1. The molecule has 8 heteroatoms. The molecule has 0 bridgehead atoms. The molecule has 4 atom stereocenters. The zero-order chi connectivity index (χ0) is 42.1. The van der Waals surface area contributed by atoms with Crippen molar-refractivity contribution in [3.8, 4) is 22.3 Å². The number of rotatable bonds is 15. The van der Waals surface area contributed by atoms with Gasteiger partial charge in [0.2, 0.25) is 0 Å². The van der Waals surface area contributed by atoms with Crippen molar-refractivity contribution in [3.63, 3.8) is 0 Å². The second kappa shape index (κ2) is 17.8. The van der Waals surface area contributed by atoms with Gasteiger partial charge in [-0.3, -0.25) is 0 Å². The first-order chi connectivity index (χ1) is 27.6. The molecule has 0 saturated heterocycles. The van der Waals surface area contributed by atoms with Gasteiger partial charge >= 0.3 is 359 Å². The average Bonchev–Trinajstić information content (AvgIpc) is 3.84. The molecule has 0 aromatic heterocycles. The molecule has 4 aromatic rings. The first-order valence-electron chi connectivity index (χ1n) is 21.7. The maximum absolute atomic E-state index is 13.9. The number of hydrogen-bond donors (Lipinski definition) is 2. The van der Waals surface area contributed by atoms with E-state index in [0.717, 1.165) is 46.2 Å². The third kappa shape index (κ3) is 7.81. The number of allylic oxidation sites excluding steroid dienone is 2. The van der Waals surface area contributed by atoms with Gasteiger partial charge in [-0.25, -0.2) is 0 Å². The van der Waals surface area contributed by atoms with E-state index < -0.39 is 27.9 Å². The summed E-state index contributed by atoms with van der Waals surface area (Å²) in [5.74, 6) is 0.504. The van der Waals surface area contributed by atoms with Gasteiger partial charge in [0.25, 0.3) is 0 Å². The van der Waals surface area contributed by atoms with Crippen molar-refractivity contribution in [2.75, 3.05) is 0 Å². The van der Waals surface area contributed by atoms with Gasteiger partial charge < -0.3 is 0 Å². The SMILES string of the molecule is CCC(=O)N[B](NC(=O)CC)[Zr]([Cl])([Cl])([CH]1C(C(C)CC)=Cc2c(-c3ccccc3C(C)C)cccc21)[CH]1C(C(C)CC)=Cc2c(-c3ccccc3C(C)C)cccc21. The van der Waals surface area contributed by atoms with Crippen LogP contribution in [0.2, 0.25) is 0 Å². The minimum atomic E-state index is -6.11. The van der Waals surface area contributed by atoms with Crippen LogP contribution in [0.3, 0.4) is 0 Å². The van der Waals surface area contributed by atoms with E-state index in [0.29, 0.717) is 11.8 Å². The van der Waals surface area contributed by atoms with Crippen molar-refractivity contribution in [2.24, 2.45) is 11.8 Å². The Balaban J connectivity index is 1.76. The van der Waals surface area contributed by atoms with Crippen molar-refractivity contribution in [1.29, 1.82) is 0 Å². The summed E-state index contributed by atoms with van der Waals surface area (Å²) in [4.78, 5) is 27.7. The Hall–Kier alpha value is -3.17. The quantitative estimate of drug-likeness (QED) is 0.117. The Morgan fingerprint density at radius 2 is 0.931 bits per heavy atom. The van der Waals surface area contributed by atoms with E-state index in [-0.39, 0.29) is 36.5 Å². The first kappa shape index (κ1) is 44.4. The Kier molecular flexibility index (Phi) is 13.6. The number of halogens is 2. The second-order valence-corrected chi connectivity index (χ2v) is 38.8. The van der Waals surface area contributed by atoms with Crippen LogP contribution in [0.15, 0.2) is 96.1 Å². The molecule has 305 valence electrons. The summed E-state index contributed by atoms with van der Waals surface area (Å²) < 4.78 is -1.81. The molecule has 4 unspecified atom stereocenters. The number of amides is 2. The number of nitrogens with one attached hydrogen (secondary N) is 2. The van der Waals surface area contributed by atoms with E-state index in [2.05, 4.69) is 163 Å². The fraction of sp³-hybridized carbons (Fsp3) is 0.400. The van der Waals surface area contributed by atoms with Crippen LogP contribution in [-0.2, 0) is 25.8 Å². The molecule has 2 amide bonds. The van der Waals surface area contributed by atoms with Gasteiger partial charge in [0.05, 0.1) is 0 Å². The molecule has 0 spiro atoms. The number of hydrogen-bond acceptors (Lipinski definition) is 2. The van der Waals surface area contributed by atoms with Crippen molar-refractivity contribution in [3.05, 3.63) is 129 Å². The summed E-state index contributed by atoms with van der Waals surface area (Å²) in [6.45, 7) is 21.6. The monoisotopic (exact) mass is 893 g/mol. The third-order valence-corrected chi connectivity index (χ3v) is 33.0. The van der Waals surface area contributed by atoms with Gasteiger partial charge in [0.15, 0.2) is 0 Å². The second-order valence-electron chi connectivity index (χ2n) is 17.4. The van der Waals surface area contributed by atoms with Gasteiger partial charge in [-0.05, 0) is 0 Å². The van der Waals surface area contributed by atoms with E-state index in [1.807, 2.05) is 13.8 Å². The predicted octanol–water partition coefficient (Wildman–Crippen LogP) is 14.0. The van der Waals surface area contributed by atoms with Crippen molar-refractivity contribution in [2.45, 2.75) is 114 Å². The van der Waals surface area contributed by atoms with Gasteiger partial charge in [0.1, 0.15) is 0 Å². The summed E-state index contributed by atoms with van der Waals surface area (Å²) in [5, 5.41) is 6.66. The molecule has 0 fully saturated rings. The summed E-state index contributed by atoms with van der Waals surface area (Å²) in [5.41, 5.74) is 14.1. The van der Waals surface area contributed by atoms with Gasteiger partial charge in [-0.2, -0.15) is 0 Å². The zero-order valence-electron chi connectivity index (χ0n) is 36.2. The van der Waals surface area contributed by atoms with E-state index in [1.54, 1.807) is 0 Å². The van der Waals surface area contributed by atoms with Crippen LogP contribution in [0.4, 0.5) is 0 Å². The molecule has 4 aromatic carbocycles. The predicted molar refractivity (Wildman–Crippen MR) is 247 cm³/mol. The standard InChI is InChI=1S/2C22H25.C6H11BN2O2.2ClH.Zr/c2*1-5-16(4)18-13-17-9-8-12-21(22(17)14-18)20-11-7-6-10-19(20)15(2)3;1-3-5(10)8-7-9-6(11)4-2;;;/h2*6-16H,5H2,1-4H3;3-4H2,1-2H3,(H-,8,9,10,11);2*1H;/q;;;;;+1/p-1.